The zero-order valence-corrected chi connectivity index (χ0v) is 19.0. The molecule has 144 valence electrons. The van der Waals surface area contributed by atoms with E-state index in [9.17, 15) is 9.59 Å². The Bertz CT molecular complexity index is 835. The summed E-state index contributed by atoms with van der Waals surface area (Å²) in [5.74, 6) is 0.0655. The molecule has 1 aromatic rings. The minimum absolute atomic E-state index is 0.0933. The second kappa shape index (κ2) is 8.45. The van der Waals surface area contributed by atoms with E-state index in [1.54, 1.807) is 4.90 Å². The van der Waals surface area contributed by atoms with Crippen molar-refractivity contribution in [2.45, 2.75) is 40.0 Å². The third kappa shape index (κ3) is 4.00. The van der Waals surface area contributed by atoms with Gasteiger partial charge < -0.3 is 4.90 Å². The monoisotopic (exact) mass is 466 g/mol. The first-order valence-corrected chi connectivity index (χ1v) is 11.3. The number of carbonyl (C=O) groups is 2. The van der Waals surface area contributed by atoms with E-state index >= 15 is 0 Å². The lowest BCUT2D eigenvalue weighted by Crippen LogP contribution is -2.32. The van der Waals surface area contributed by atoms with Gasteiger partial charge in [0.15, 0.2) is 0 Å². The van der Waals surface area contributed by atoms with E-state index in [1.807, 2.05) is 36.9 Å². The summed E-state index contributed by atoms with van der Waals surface area (Å²) < 4.78 is 1.42. The summed E-state index contributed by atoms with van der Waals surface area (Å²) in [6.45, 7) is 7.48. The molecule has 0 N–H and O–H groups in total. The highest BCUT2D eigenvalue weighted by Crippen LogP contribution is 2.45. The van der Waals surface area contributed by atoms with Crippen molar-refractivity contribution in [3.8, 4) is 0 Å². The molecule has 0 spiro atoms. The lowest BCUT2D eigenvalue weighted by atomic mass is 10.1. The SMILES string of the molecule is CCCCCN1C(=O)C(=C2SC(=S)N(CC(C)C)C2=O)c2cc(Br)ccc21. The third-order valence-electron chi connectivity index (χ3n) is 4.59. The van der Waals surface area contributed by atoms with Crippen molar-refractivity contribution in [1.82, 2.24) is 4.90 Å². The van der Waals surface area contributed by atoms with Crippen molar-refractivity contribution in [1.29, 1.82) is 0 Å². The number of anilines is 1. The molecule has 1 fully saturated rings. The molecular formula is C20H23BrN2O2S2. The molecule has 0 unspecified atom stereocenters. The van der Waals surface area contributed by atoms with Crippen molar-refractivity contribution >= 4 is 67.3 Å². The maximum Gasteiger partial charge on any atom is 0.267 e. The zero-order valence-electron chi connectivity index (χ0n) is 15.8. The van der Waals surface area contributed by atoms with E-state index in [2.05, 4.69) is 22.9 Å². The number of hydrogen-bond acceptors (Lipinski definition) is 4. The number of carbonyl (C=O) groups excluding carboxylic acids is 2. The Kier molecular flexibility index (Phi) is 6.43. The number of fused-ring (bicyclic) bond motifs is 1. The predicted molar refractivity (Wildman–Crippen MR) is 120 cm³/mol. The fraction of sp³-hybridized carbons (Fsp3) is 0.450. The zero-order chi connectivity index (χ0) is 19.7. The summed E-state index contributed by atoms with van der Waals surface area (Å²) >= 11 is 10.2. The third-order valence-corrected chi connectivity index (χ3v) is 6.53. The number of halogens is 1. The number of amides is 2. The molecule has 2 aliphatic rings. The summed E-state index contributed by atoms with van der Waals surface area (Å²) in [6, 6.07) is 5.81. The van der Waals surface area contributed by atoms with Gasteiger partial charge in [-0.15, -0.1) is 0 Å². The Balaban J connectivity index is 2.04. The van der Waals surface area contributed by atoms with E-state index in [4.69, 9.17) is 12.2 Å². The van der Waals surface area contributed by atoms with Crippen LogP contribution in [0, 0.1) is 5.92 Å². The summed E-state index contributed by atoms with van der Waals surface area (Å²) in [5, 5.41) is 0. The van der Waals surface area contributed by atoms with Gasteiger partial charge in [0, 0.05) is 23.1 Å². The lowest BCUT2D eigenvalue weighted by molar-refractivity contribution is -0.122. The van der Waals surface area contributed by atoms with Gasteiger partial charge in [0.05, 0.1) is 16.2 Å². The van der Waals surface area contributed by atoms with Crippen molar-refractivity contribution in [3.05, 3.63) is 33.1 Å². The number of nitrogens with zero attached hydrogens (tertiary/aromatic N) is 2. The summed E-state index contributed by atoms with van der Waals surface area (Å²) in [5.41, 5.74) is 2.19. The summed E-state index contributed by atoms with van der Waals surface area (Å²) in [7, 11) is 0. The highest BCUT2D eigenvalue weighted by molar-refractivity contribution is 9.10. The number of hydrogen-bond donors (Lipinski definition) is 0. The topological polar surface area (TPSA) is 40.6 Å². The minimum Gasteiger partial charge on any atom is -0.308 e. The van der Waals surface area contributed by atoms with Gasteiger partial charge in [-0.25, -0.2) is 0 Å². The number of benzene rings is 1. The molecule has 2 heterocycles. The first-order chi connectivity index (χ1) is 12.8. The van der Waals surface area contributed by atoms with Crippen LogP contribution in [0.25, 0.3) is 5.57 Å². The van der Waals surface area contributed by atoms with Crippen LogP contribution in [0.1, 0.15) is 45.6 Å². The largest absolute Gasteiger partial charge is 0.308 e. The minimum atomic E-state index is -0.150. The molecule has 7 heteroatoms. The summed E-state index contributed by atoms with van der Waals surface area (Å²) in [6.07, 6.45) is 3.11. The van der Waals surface area contributed by atoms with Crippen LogP contribution in [-0.4, -0.2) is 34.1 Å². The molecule has 0 atom stereocenters. The van der Waals surface area contributed by atoms with Crippen LogP contribution in [0.4, 0.5) is 5.69 Å². The number of thioether (sulfide) groups is 1. The van der Waals surface area contributed by atoms with Crippen molar-refractivity contribution in [2.24, 2.45) is 5.92 Å². The molecule has 4 nitrogen and oxygen atoms in total. The predicted octanol–water partition coefficient (Wildman–Crippen LogP) is 5.21. The Hall–Kier alpha value is -1.18. The molecule has 2 aliphatic heterocycles. The van der Waals surface area contributed by atoms with Gasteiger partial charge in [-0.2, -0.15) is 0 Å². The summed E-state index contributed by atoms with van der Waals surface area (Å²) in [4.78, 5) is 30.2. The van der Waals surface area contributed by atoms with Gasteiger partial charge >= 0.3 is 0 Å². The van der Waals surface area contributed by atoms with Crippen LogP contribution < -0.4 is 4.90 Å². The number of rotatable bonds is 6. The van der Waals surface area contributed by atoms with Crippen molar-refractivity contribution in [3.63, 3.8) is 0 Å². The molecule has 0 bridgehead atoms. The standard InChI is InChI=1S/C20H23BrN2O2S2/c1-4-5-6-9-22-15-8-7-13(21)10-14(15)16(18(22)24)17-19(25)23(11-12(2)3)20(26)27-17/h7-8,10,12H,4-6,9,11H2,1-3H3. The van der Waals surface area contributed by atoms with Crippen molar-refractivity contribution < 1.29 is 9.59 Å². The highest BCUT2D eigenvalue weighted by Gasteiger charge is 2.41. The van der Waals surface area contributed by atoms with Gasteiger partial charge in [0.2, 0.25) is 0 Å². The molecule has 3 rings (SSSR count). The van der Waals surface area contributed by atoms with Crippen molar-refractivity contribution in [2.75, 3.05) is 18.0 Å². The number of unbranched alkanes of at least 4 members (excludes halogenated alkanes) is 2. The second-order valence-corrected chi connectivity index (χ2v) is 9.77. The Morgan fingerprint density at radius 2 is 1.89 bits per heavy atom. The van der Waals surface area contributed by atoms with Gasteiger partial charge in [0.1, 0.15) is 4.32 Å². The van der Waals surface area contributed by atoms with Gasteiger partial charge in [0.25, 0.3) is 11.8 Å². The number of thiocarbonyl (C=S) groups is 1. The van der Waals surface area contributed by atoms with Crippen LogP contribution in [0.15, 0.2) is 27.6 Å². The molecule has 0 radical (unpaired) electrons. The molecule has 1 saturated heterocycles. The fourth-order valence-electron chi connectivity index (χ4n) is 3.34. The molecular weight excluding hydrogens is 444 g/mol. The van der Waals surface area contributed by atoms with E-state index in [0.717, 1.165) is 35.0 Å². The Morgan fingerprint density at radius 1 is 1.15 bits per heavy atom. The van der Waals surface area contributed by atoms with Gasteiger partial charge in [-0.3, -0.25) is 14.5 Å². The average molecular weight is 467 g/mol. The normalized spacial score (nSPS) is 19.7. The Labute approximate surface area is 178 Å². The molecule has 27 heavy (non-hydrogen) atoms. The van der Waals surface area contributed by atoms with Crippen LogP contribution in [0.3, 0.4) is 0 Å². The quantitative estimate of drug-likeness (QED) is 0.327. The molecule has 1 aromatic carbocycles. The van der Waals surface area contributed by atoms with E-state index in [1.165, 1.54) is 11.8 Å². The van der Waals surface area contributed by atoms with E-state index < -0.39 is 0 Å². The van der Waals surface area contributed by atoms with Gasteiger partial charge in [-0.1, -0.05) is 73.5 Å². The average Bonchev–Trinajstić information content (AvgIpc) is 3.02. The fourth-order valence-corrected chi connectivity index (χ4v) is 5.04. The molecule has 0 aliphatic carbocycles. The first kappa shape index (κ1) is 20.6. The lowest BCUT2D eigenvalue weighted by Gasteiger charge is -2.17. The van der Waals surface area contributed by atoms with Crippen LogP contribution in [-0.2, 0) is 9.59 Å². The molecule has 2 amide bonds. The van der Waals surface area contributed by atoms with Gasteiger partial charge in [-0.05, 0) is 30.5 Å². The molecule has 0 aromatic heterocycles. The first-order valence-electron chi connectivity index (χ1n) is 9.24. The van der Waals surface area contributed by atoms with E-state index in [-0.39, 0.29) is 11.8 Å². The smallest absolute Gasteiger partial charge is 0.267 e. The second-order valence-electron chi connectivity index (χ2n) is 7.21. The van der Waals surface area contributed by atoms with Crippen LogP contribution >= 0.6 is 39.9 Å². The van der Waals surface area contributed by atoms with E-state index in [0.29, 0.717) is 33.8 Å². The maximum absolute atomic E-state index is 13.3. The maximum atomic E-state index is 13.3. The highest BCUT2D eigenvalue weighted by atomic mass is 79.9. The van der Waals surface area contributed by atoms with Crippen LogP contribution in [0.2, 0.25) is 0 Å². The Morgan fingerprint density at radius 3 is 2.56 bits per heavy atom. The molecule has 0 saturated carbocycles. The van der Waals surface area contributed by atoms with Crippen LogP contribution in [0.5, 0.6) is 0 Å².